The molecular formula is C14H22N2. The zero-order valence-electron chi connectivity index (χ0n) is 10.8. The van der Waals surface area contributed by atoms with Gasteiger partial charge in [-0.25, -0.2) is 0 Å². The number of nitrogens with zero attached hydrogens (tertiary/aromatic N) is 1. The van der Waals surface area contributed by atoms with Crippen molar-refractivity contribution in [3.8, 4) is 0 Å². The molecule has 1 aromatic rings. The fourth-order valence-electron chi connectivity index (χ4n) is 2.44. The van der Waals surface area contributed by atoms with Crippen molar-refractivity contribution in [3.63, 3.8) is 0 Å². The lowest BCUT2D eigenvalue weighted by atomic mass is 9.97. The Kier molecular flexibility index (Phi) is 2.94. The molecule has 0 radical (unpaired) electrons. The lowest BCUT2D eigenvalue weighted by molar-refractivity contribution is 0.380. The summed E-state index contributed by atoms with van der Waals surface area (Å²) in [6, 6.07) is 6.72. The summed E-state index contributed by atoms with van der Waals surface area (Å²) in [6.07, 6.45) is 0. The molecule has 1 aliphatic rings. The van der Waals surface area contributed by atoms with Crippen LogP contribution in [-0.2, 0) is 0 Å². The Labute approximate surface area is 98.7 Å². The smallest absolute Gasteiger partial charge is 0.0470 e. The Morgan fingerprint density at radius 2 is 2.00 bits per heavy atom. The third-order valence-electron chi connectivity index (χ3n) is 3.46. The van der Waals surface area contributed by atoms with Gasteiger partial charge in [-0.1, -0.05) is 12.1 Å². The van der Waals surface area contributed by atoms with E-state index in [0.717, 1.165) is 19.6 Å². The van der Waals surface area contributed by atoms with Crippen LogP contribution in [0.2, 0.25) is 0 Å². The van der Waals surface area contributed by atoms with Crippen LogP contribution < -0.4 is 10.2 Å². The molecule has 0 unspecified atom stereocenters. The molecule has 2 heteroatoms. The first kappa shape index (κ1) is 11.5. The minimum absolute atomic E-state index is 0.205. The first-order valence-electron chi connectivity index (χ1n) is 6.06. The van der Waals surface area contributed by atoms with Crippen LogP contribution in [0.1, 0.15) is 25.0 Å². The molecule has 0 atom stereocenters. The standard InChI is InChI=1S/C14H22N2/c1-11-5-6-12(2)13(9-11)16-8-7-15-10-14(16,3)4/h5-6,9,15H,7-8,10H2,1-4H3. The molecule has 0 saturated carbocycles. The molecule has 88 valence electrons. The summed E-state index contributed by atoms with van der Waals surface area (Å²) in [6.45, 7) is 12.2. The van der Waals surface area contributed by atoms with E-state index in [9.17, 15) is 0 Å². The molecule has 0 spiro atoms. The number of aryl methyl sites for hydroxylation is 2. The van der Waals surface area contributed by atoms with Gasteiger partial charge >= 0.3 is 0 Å². The zero-order valence-corrected chi connectivity index (χ0v) is 10.8. The van der Waals surface area contributed by atoms with E-state index in [1.54, 1.807) is 0 Å². The molecule has 0 bridgehead atoms. The lowest BCUT2D eigenvalue weighted by Crippen LogP contribution is -2.58. The van der Waals surface area contributed by atoms with Crippen LogP contribution in [-0.4, -0.2) is 25.2 Å². The third-order valence-corrected chi connectivity index (χ3v) is 3.46. The van der Waals surface area contributed by atoms with Crippen LogP contribution in [0.4, 0.5) is 5.69 Å². The Balaban J connectivity index is 2.38. The molecule has 2 nitrogen and oxygen atoms in total. The topological polar surface area (TPSA) is 15.3 Å². The molecule has 1 heterocycles. The van der Waals surface area contributed by atoms with Crippen molar-refractivity contribution in [1.82, 2.24) is 5.32 Å². The number of benzene rings is 1. The monoisotopic (exact) mass is 218 g/mol. The fraction of sp³-hybridized carbons (Fsp3) is 0.571. The third kappa shape index (κ3) is 2.07. The Hall–Kier alpha value is -1.02. The second-order valence-corrected chi connectivity index (χ2v) is 5.43. The average Bonchev–Trinajstić information content (AvgIpc) is 2.22. The Morgan fingerprint density at radius 3 is 2.69 bits per heavy atom. The van der Waals surface area contributed by atoms with Crippen LogP contribution in [0.5, 0.6) is 0 Å². The predicted octanol–water partition coefficient (Wildman–Crippen LogP) is 2.49. The van der Waals surface area contributed by atoms with E-state index in [-0.39, 0.29) is 5.54 Å². The number of rotatable bonds is 1. The van der Waals surface area contributed by atoms with Crippen molar-refractivity contribution < 1.29 is 0 Å². The molecule has 16 heavy (non-hydrogen) atoms. The molecule has 1 saturated heterocycles. The van der Waals surface area contributed by atoms with Crippen molar-refractivity contribution in [2.75, 3.05) is 24.5 Å². The van der Waals surface area contributed by atoms with E-state index in [2.05, 4.69) is 56.1 Å². The SMILES string of the molecule is Cc1ccc(C)c(N2CCNCC2(C)C)c1. The number of piperazine rings is 1. The van der Waals surface area contributed by atoms with Crippen LogP contribution in [0.25, 0.3) is 0 Å². The van der Waals surface area contributed by atoms with Gasteiger partial charge in [0.1, 0.15) is 0 Å². The van der Waals surface area contributed by atoms with E-state index < -0.39 is 0 Å². The van der Waals surface area contributed by atoms with Gasteiger partial charge in [0, 0.05) is 30.9 Å². The predicted molar refractivity (Wildman–Crippen MR) is 70.2 cm³/mol. The van der Waals surface area contributed by atoms with Crippen LogP contribution in [0.3, 0.4) is 0 Å². The second kappa shape index (κ2) is 4.10. The summed E-state index contributed by atoms with van der Waals surface area (Å²) in [5.74, 6) is 0. The van der Waals surface area contributed by atoms with Gasteiger partial charge < -0.3 is 10.2 Å². The van der Waals surface area contributed by atoms with Crippen molar-refractivity contribution in [2.45, 2.75) is 33.2 Å². The summed E-state index contributed by atoms with van der Waals surface area (Å²) >= 11 is 0. The highest BCUT2D eigenvalue weighted by atomic mass is 15.3. The van der Waals surface area contributed by atoms with Gasteiger partial charge in [-0.2, -0.15) is 0 Å². The quantitative estimate of drug-likeness (QED) is 0.779. The number of hydrogen-bond acceptors (Lipinski definition) is 2. The van der Waals surface area contributed by atoms with Crippen molar-refractivity contribution in [3.05, 3.63) is 29.3 Å². The second-order valence-electron chi connectivity index (χ2n) is 5.43. The number of anilines is 1. The minimum Gasteiger partial charge on any atom is -0.364 e. The summed E-state index contributed by atoms with van der Waals surface area (Å²) in [5.41, 5.74) is 4.32. The Bertz CT molecular complexity index is 382. The van der Waals surface area contributed by atoms with Crippen molar-refractivity contribution >= 4 is 5.69 Å². The molecule has 1 N–H and O–H groups in total. The van der Waals surface area contributed by atoms with Crippen LogP contribution in [0, 0.1) is 13.8 Å². The average molecular weight is 218 g/mol. The van der Waals surface area contributed by atoms with Gasteiger partial charge in [-0.3, -0.25) is 0 Å². The Morgan fingerprint density at radius 1 is 1.25 bits per heavy atom. The normalized spacial score (nSPS) is 19.9. The van der Waals surface area contributed by atoms with E-state index >= 15 is 0 Å². The zero-order chi connectivity index (χ0) is 11.8. The highest BCUT2D eigenvalue weighted by Crippen LogP contribution is 2.29. The summed E-state index contributed by atoms with van der Waals surface area (Å²) in [7, 11) is 0. The van der Waals surface area contributed by atoms with Gasteiger partial charge in [-0.05, 0) is 44.9 Å². The molecule has 0 amide bonds. The molecule has 0 aromatic heterocycles. The highest BCUT2D eigenvalue weighted by Gasteiger charge is 2.30. The van der Waals surface area contributed by atoms with Gasteiger partial charge in [-0.15, -0.1) is 0 Å². The molecular weight excluding hydrogens is 196 g/mol. The van der Waals surface area contributed by atoms with E-state index in [4.69, 9.17) is 0 Å². The minimum atomic E-state index is 0.205. The molecule has 1 fully saturated rings. The molecule has 1 aliphatic heterocycles. The largest absolute Gasteiger partial charge is 0.364 e. The maximum absolute atomic E-state index is 3.47. The number of nitrogens with one attached hydrogen (secondary N) is 1. The molecule has 2 rings (SSSR count). The first-order valence-corrected chi connectivity index (χ1v) is 6.06. The maximum Gasteiger partial charge on any atom is 0.0470 e. The van der Waals surface area contributed by atoms with Gasteiger partial charge in [0.15, 0.2) is 0 Å². The van der Waals surface area contributed by atoms with Crippen LogP contribution in [0.15, 0.2) is 18.2 Å². The lowest BCUT2D eigenvalue weighted by Gasteiger charge is -2.45. The highest BCUT2D eigenvalue weighted by molar-refractivity contribution is 5.57. The number of hydrogen-bond donors (Lipinski definition) is 1. The van der Waals surface area contributed by atoms with Gasteiger partial charge in [0.25, 0.3) is 0 Å². The van der Waals surface area contributed by atoms with Crippen molar-refractivity contribution in [1.29, 1.82) is 0 Å². The van der Waals surface area contributed by atoms with Gasteiger partial charge in [0.2, 0.25) is 0 Å². The summed E-state index contributed by atoms with van der Waals surface area (Å²) in [4.78, 5) is 2.53. The van der Waals surface area contributed by atoms with E-state index in [1.807, 2.05) is 0 Å². The van der Waals surface area contributed by atoms with E-state index in [1.165, 1.54) is 16.8 Å². The maximum atomic E-state index is 3.47. The molecule has 0 aliphatic carbocycles. The molecule has 1 aromatic carbocycles. The fourth-order valence-corrected chi connectivity index (χ4v) is 2.44. The summed E-state index contributed by atoms with van der Waals surface area (Å²) in [5, 5.41) is 3.47. The van der Waals surface area contributed by atoms with E-state index in [0.29, 0.717) is 0 Å². The first-order chi connectivity index (χ1) is 7.50. The van der Waals surface area contributed by atoms with Crippen LogP contribution >= 0.6 is 0 Å². The summed E-state index contributed by atoms with van der Waals surface area (Å²) < 4.78 is 0. The van der Waals surface area contributed by atoms with Gasteiger partial charge in [0.05, 0.1) is 0 Å². The van der Waals surface area contributed by atoms with Crippen molar-refractivity contribution in [2.24, 2.45) is 0 Å².